The van der Waals surface area contributed by atoms with Gasteiger partial charge in [-0.05, 0) is 111 Å². The third kappa shape index (κ3) is 7.53. The molecule has 10 nitrogen and oxygen atoms in total. The summed E-state index contributed by atoms with van der Waals surface area (Å²) in [5.74, 6) is -2.19. The van der Waals surface area contributed by atoms with Gasteiger partial charge in [-0.1, -0.05) is 36.4 Å². The van der Waals surface area contributed by atoms with Gasteiger partial charge in [0.1, 0.15) is 5.54 Å². The van der Waals surface area contributed by atoms with Gasteiger partial charge in [-0.25, -0.2) is 13.2 Å². The Kier molecular flexibility index (Phi) is 10.6. The minimum Gasteiger partial charge on any atom is -0.480 e. The highest BCUT2D eigenvalue weighted by Crippen LogP contribution is 2.37. The van der Waals surface area contributed by atoms with E-state index in [0.717, 1.165) is 64.4 Å². The number of hydrogen-bond acceptors (Lipinski definition) is 8. The Labute approximate surface area is 301 Å². The SMILES string of the molecule is COC(=O)c1ccc(CCc2ccc(NC(=O)c3c(CC(=O)c4cccc(S(=O)(=O)N5CCCC5(C)C(=O)O)c4)sc4c3CCCC4)cc2)cc1. The highest BCUT2D eigenvalue weighted by atomic mass is 32.2. The number of amides is 1. The van der Waals surface area contributed by atoms with Crippen LogP contribution in [0.15, 0.2) is 77.7 Å². The topological polar surface area (TPSA) is 147 Å². The molecule has 0 spiro atoms. The highest BCUT2D eigenvalue weighted by Gasteiger charge is 2.49. The number of rotatable bonds is 12. The van der Waals surface area contributed by atoms with E-state index in [-0.39, 0.29) is 47.5 Å². The Morgan fingerprint density at radius 2 is 1.57 bits per heavy atom. The number of thiophene rings is 1. The molecule has 1 aliphatic carbocycles. The maximum atomic E-state index is 13.8. The van der Waals surface area contributed by atoms with Gasteiger partial charge in [0.2, 0.25) is 10.0 Å². The third-order valence-electron chi connectivity index (χ3n) is 9.86. The van der Waals surface area contributed by atoms with Gasteiger partial charge < -0.3 is 15.2 Å². The van der Waals surface area contributed by atoms with Crippen molar-refractivity contribution in [2.24, 2.45) is 0 Å². The van der Waals surface area contributed by atoms with Gasteiger partial charge >= 0.3 is 11.9 Å². The Balaban J connectivity index is 1.16. The smallest absolute Gasteiger partial charge is 0.337 e. The van der Waals surface area contributed by atoms with E-state index in [4.69, 9.17) is 4.74 Å². The zero-order valence-electron chi connectivity index (χ0n) is 28.6. The summed E-state index contributed by atoms with van der Waals surface area (Å²) in [6.07, 6.45) is 5.64. The molecule has 0 bridgehead atoms. The summed E-state index contributed by atoms with van der Waals surface area (Å²) in [7, 11) is -2.83. The largest absolute Gasteiger partial charge is 0.480 e. The lowest BCUT2D eigenvalue weighted by Crippen LogP contribution is -2.50. The van der Waals surface area contributed by atoms with Crippen molar-refractivity contribution in [2.45, 2.75) is 75.1 Å². The maximum Gasteiger partial charge on any atom is 0.337 e. The average Bonchev–Trinajstić information content (AvgIpc) is 3.72. The molecule has 1 atom stereocenters. The summed E-state index contributed by atoms with van der Waals surface area (Å²) in [4.78, 5) is 52.9. The number of aryl methyl sites for hydroxylation is 3. The molecule has 0 saturated carbocycles. The third-order valence-corrected chi connectivity index (χ3v) is 13.2. The summed E-state index contributed by atoms with van der Waals surface area (Å²) in [6, 6.07) is 20.7. The number of carboxylic acid groups (broad SMARTS) is 1. The van der Waals surface area contributed by atoms with E-state index in [0.29, 0.717) is 28.1 Å². The molecule has 0 radical (unpaired) electrons. The summed E-state index contributed by atoms with van der Waals surface area (Å²) >= 11 is 1.47. The molecular formula is C39H40N2O8S2. The number of ketones is 1. The molecule has 1 unspecified atom stereocenters. The lowest BCUT2D eigenvalue weighted by molar-refractivity contribution is -0.146. The number of esters is 1. The first kappa shape index (κ1) is 36.2. The van der Waals surface area contributed by atoms with Crippen LogP contribution >= 0.6 is 11.3 Å². The predicted molar refractivity (Wildman–Crippen MR) is 194 cm³/mol. The van der Waals surface area contributed by atoms with E-state index in [9.17, 15) is 32.7 Å². The zero-order chi connectivity index (χ0) is 36.3. The molecule has 1 aliphatic heterocycles. The lowest BCUT2D eigenvalue weighted by Gasteiger charge is -2.30. The number of Topliss-reactive ketones (excluding diaryl/α,β-unsaturated/α-hetero) is 1. The first-order valence-corrected chi connectivity index (χ1v) is 19.3. The van der Waals surface area contributed by atoms with Gasteiger partial charge in [-0.15, -0.1) is 11.3 Å². The number of ether oxygens (including phenoxy) is 1. The van der Waals surface area contributed by atoms with Crippen LogP contribution in [0, 0.1) is 0 Å². The second-order valence-corrected chi connectivity index (χ2v) is 16.3. The molecule has 1 fully saturated rings. The minimum atomic E-state index is -4.18. The fourth-order valence-corrected chi connectivity index (χ4v) is 10.2. The number of anilines is 1. The number of carbonyl (C=O) groups excluding carboxylic acids is 3. The second-order valence-electron chi connectivity index (χ2n) is 13.2. The fourth-order valence-electron chi connectivity index (χ4n) is 6.92. The minimum absolute atomic E-state index is 0.0694. The number of hydrogen-bond donors (Lipinski definition) is 2. The number of nitrogens with zero attached hydrogens (tertiary/aromatic N) is 1. The first-order chi connectivity index (χ1) is 24.4. The van der Waals surface area contributed by atoms with Gasteiger partial charge in [-0.3, -0.25) is 14.4 Å². The molecule has 266 valence electrons. The second kappa shape index (κ2) is 14.9. The monoisotopic (exact) mass is 728 g/mol. The molecule has 3 aromatic carbocycles. The van der Waals surface area contributed by atoms with Crippen molar-refractivity contribution in [3.05, 3.63) is 116 Å². The maximum absolute atomic E-state index is 13.8. The zero-order valence-corrected chi connectivity index (χ0v) is 30.2. The van der Waals surface area contributed by atoms with E-state index >= 15 is 0 Å². The molecule has 2 aliphatic rings. The van der Waals surface area contributed by atoms with Crippen LogP contribution in [0.3, 0.4) is 0 Å². The standard InChI is InChI=1S/C39H40N2O8S2/c1-39(38(45)46)21-6-22-41(39)51(47,48)30-8-5-7-28(23-30)32(42)24-34-35(31-9-3-4-10-33(31)50-34)36(43)40-29-19-15-26(16-20-29)12-11-25-13-17-27(18-14-25)37(44)49-2/h5,7-8,13-20,23H,3-4,6,9-12,21-22,24H2,1-2H3,(H,40,43)(H,45,46). The number of benzene rings is 3. The van der Waals surface area contributed by atoms with Gasteiger partial charge in [0.15, 0.2) is 5.78 Å². The van der Waals surface area contributed by atoms with Crippen LogP contribution in [0.1, 0.15) is 90.1 Å². The van der Waals surface area contributed by atoms with Gasteiger partial charge in [0.25, 0.3) is 5.91 Å². The Bertz CT molecular complexity index is 2090. The molecule has 1 saturated heterocycles. The van der Waals surface area contributed by atoms with Crippen molar-refractivity contribution in [1.82, 2.24) is 4.31 Å². The summed E-state index contributed by atoms with van der Waals surface area (Å²) in [6.45, 7) is 1.49. The number of aliphatic carboxylic acids is 1. The van der Waals surface area contributed by atoms with Crippen LogP contribution in [0.25, 0.3) is 0 Å². The van der Waals surface area contributed by atoms with Crippen molar-refractivity contribution in [3.63, 3.8) is 0 Å². The molecule has 2 heterocycles. The Morgan fingerprint density at radius 3 is 2.24 bits per heavy atom. The Morgan fingerprint density at radius 1 is 0.902 bits per heavy atom. The average molecular weight is 729 g/mol. The van der Waals surface area contributed by atoms with E-state index in [2.05, 4.69) is 5.32 Å². The van der Waals surface area contributed by atoms with Crippen molar-refractivity contribution in [1.29, 1.82) is 0 Å². The molecule has 6 rings (SSSR count). The fraction of sp³-hybridized carbons (Fsp3) is 0.333. The quantitative estimate of drug-likeness (QED) is 0.124. The van der Waals surface area contributed by atoms with Crippen molar-refractivity contribution in [3.8, 4) is 0 Å². The van der Waals surface area contributed by atoms with Crippen molar-refractivity contribution < 1.29 is 37.4 Å². The lowest BCUT2D eigenvalue weighted by atomic mass is 9.93. The van der Waals surface area contributed by atoms with Crippen LogP contribution in [0.5, 0.6) is 0 Å². The molecule has 4 aromatic rings. The van der Waals surface area contributed by atoms with Crippen molar-refractivity contribution >= 4 is 50.7 Å². The van der Waals surface area contributed by atoms with E-state index in [1.54, 1.807) is 18.2 Å². The van der Waals surface area contributed by atoms with Gasteiger partial charge in [0, 0.05) is 34.0 Å². The number of methoxy groups -OCH3 is 1. The Hall–Kier alpha value is -4.65. The normalized spacial score (nSPS) is 17.5. The molecular weight excluding hydrogens is 689 g/mol. The predicted octanol–water partition coefficient (Wildman–Crippen LogP) is 6.50. The van der Waals surface area contributed by atoms with E-state index in [1.807, 2.05) is 36.4 Å². The first-order valence-electron chi connectivity index (χ1n) is 17.0. The summed E-state index contributed by atoms with van der Waals surface area (Å²) in [5.41, 5.74) is 3.42. The molecule has 12 heteroatoms. The van der Waals surface area contributed by atoms with Gasteiger partial charge in [0.05, 0.1) is 23.1 Å². The van der Waals surface area contributed by atoms with Crippen molar-refractivity contribution in [2.75, 3.05) is 19.0 Å². The number of fused-ring (bicyclic) bond motifs is 1. The summed E-state index contributed by atoms with van der Waals surface area (Å²) in [5, 5.41) is 12.8. The number of carboxylic acids is 1. The summed E-state index contributed by atoms with van der Waals surface area (Å²) < 4.78 is 32.9. The van der Waals surface area contributed by atoms with E-state index < -0.39 is 21.5 Å². The molecule has 1 aromatic heterocycles. The van der Waals surface area contributed by atoms with Crippen LogP contribution in [-0.4, -0.2) is 60.7 Å². The van der Waals surface area contributed by atoms with Crippen LogP contribution in [0.2, 0.25) is 0 Å². The molecule has 51 heavy (non-hydrogen) atoms. The highest BCUT2D eigenvalue weighted by molar-refractivity contribution is 7.89. The van der Waals surface area contributed by atoms with Crippen LogP contribution in [-0.2, 0) is 51.7 Å². The van der Waals surface area contributed by atoms with Crippen LogP contribution in [0.4, 0.5) is 5.69 Å². The number of carbonyl (C=O) groups is 4. The number of nitrogens with one attached hydrogen (secondary N) is 1. The van der Waals surface area contributed by atoms with Crippen LogP contribution < -0.4 is 5.32 Å². The van der Waals surface area contributed by atoms with E-state index in [1.165, 1.54) is 43.6 Å². The molecule has 1 amide bonds. The number of sulfonamides is 1. The molecule has 2 N–H and O–H groups in total. The van der Waals surface area contributed by atoms with Gasteiger partial charge in [-0.2, -0.15) is 4.31 Å².